The highest BCUT2D eigenvalue weighted by atomic mass is 16.2. The Hall–Kier alpha value is -1.10. The van der Waals surface area contributed by atoms with E-state index in [0.29, 0.717) is 31.8 Å². The fourth-order valence-electron chi connectivity index (χ4n) is 2.15. The highest BCUT2D eigenvalue weighted by Crippen LogP contribution is 2.09. The molecule has 0 aromatic carbocycles. The van der Waals surface area contributed by atoms with Gasteiger partial charge < -0.3 is 16.0 Å². The summed E-state index contributed by atoms with van der Waals surface area (Å²) in [6.45, 7) is 5.88. The normalized spacial score (nSPS) is 20.0. The number of piperidine rings is 1. The minimum atomic E-state index is 0.0214. The number of likely N-dealkylation sites (tertiary alicyclic amines) is 1. The van der Waals surface area contributed by atoms with Crippen LogP contribution in [0.4, 0.5) is 0 Å². The second-order valence-corrected chi connectivity index (χ2v) is 5.44. The van der Waals surface area contributed by atoms with Crippen LogP contribution in [0, 0.1) is 5.92 Å². The third kappa shape index (κ3) is 5.49. The van der Waals surface area contributed by atoms with E-state index in [1.165, 1.54) is 0 Å². The molecule has 18 heavy (non-hydrogen) atoms. The molecular formula is C13H25N3O2. The van der Waals surface area contributed by atoms with Gasteiger partial charge in [0.25, 0.3) is 0 Å². The molecule has 1 rings (SSSR count). The third-order valence-corrected chi connectivity index (χ3v) is 3.07. The molecule has 0 aromatic rings. The van der Waals surface area contributed by atoms with Crippen molar-refractivity contribution >= 4 is 11.8 Å². The molecule has 0 spiro atoms. The van der Waals surface area contributed by atoms with Gasteiger partial charge >= 0.3 is 0 Å². The van der Waals surface area contributed by atoms with Gasteiger partial charge in [-0.25, -0.2) is 0 Å². The highest BCUT2D eigenvalue weighted by Gasteiger charge is 2.20. The first kappa shape index (κ1) is 15.0. The molecule has 0 bridgehead atoms. The number of hydrogen-bond donors (Lipinski definition) is 2. The monoisotopic (exact) mass is 255 g/mol. The predicted octanol–water partition coefficient (Wildman–Crippen LogP) is 0.489. The first-order chi connectivity index (χ1) is 8.49. The van der Waals surface area contributed by atoms with E-state index >= 15 is 0 Å². The van der Waals surface area contributed by atoms with Crippen LogP contribution in [0.5, 0.6) is 0 Å². The Labute approximate surface area is 109 Å². The summed E-state index contributed by atoms with van der Waals surface area (Å²) in [5.41, 5.74) is 5.83. The van der Waals surface area contributed by atoms with Crippen LogP contribution in [0.15, 0.2) is 0 Å². The fraction of sp³-hybridized carbons (Fsp3) is 0.846. The van der Waals surface area contributed by atoms with Crippen LogP contribution < -0.4 is 11.1 Å². The number of carbonyl (C=O) groups excluding carboxylic acids is 2. The summed E-state index contributed by atoms with van der Waals surface area (Å²) in [4.78, 5) is 25.1. The van der Waals surface area contributed by atoms with Crippen molar-refractivity contribution in [3.63, 3.8) is 0 Å². The highest BCUT2D eigenvalue weighted by molar-refractivity contribution is 5.79. The maximum absolute atomic E-state index is 11.9. The minimum absolute atomic E-state index is 0.0214. The zero-order chi connectivity index (χ0) is 13.5. The van der Waals surface area contributed by atoms with Gasteiger partial charge in [-0.15, -0.1) is 0 Å². The lowest BCUT2D eigenvalue weighted by atomic mass is 10.1. The predicted molar refractivity (Wildman–Crippen MR) is 70.9 cm³/mol. The Bertz CT molecular complexity index is 292. The van der Waals surface area contributed by atoms with Crippen molar-refractivity contribution in [2.75, 3.05) is 19.6 Å². The molecule has 1 fully saturated rings. The third-order valence-electron chi connectivity index (χ3n) is 3.07. The van der Waals surface area contributed by atoms with Crippen LogP contribution >= 0.6 is 0 Å². The Balaban J connectivity index is 2.18. The van der Waals surface area contributed by atoms with E-state index < -0.39 is 0 Å². The van der Waals surface area contributed by atoms with Gasteiger partial charge in [-0.3, -0.25) is 9.59 Å². The van der Waals surface area contributed by atoms with Crippen molar-refractivity contribution in [1.82, 2.24) is 10.2 Å². The van der Waals surface area contributed by atoms with Crippen LogP contribution in [0.25, 0.3) is 0 Å². The molecule has 1 atom stereocenters. The van der Waals surface area contributed by atoms with Gasteiger partial charge in [0.2, 0.25) is 11.8 Å². The molecular weight excluding hydrogens is 230 g/mol. The molecule has 1 heterocycles. The molecule has 0 aliphatic carbocycles. The number of nitrogens with zero attached hydrogens (tertiary/aromatic N) is 1. The van der Waals surface area contributed by atoms with Gasteiger partial charge in [-0.05, 0) is 18.8 Å². The number of amides is 2. The molecule has 2 amide bonds. The van der Waals surface area contributed by atoms with Crippen molar-refractivity contribution in [3.05, 3.63) is 0 Å². The first-order valence-electron chi connectivity index (χ1n) is 6.79. The van der Waals surface area contributed by atoms with E-state index in [9.17, 15) is 9.59 Å². The van der Waals surface area contributed by atoms with Crippen LogP contribution in [0.3, 0.4) is 0 Å². The van der Waals surface area contributed by atoms with Crippen LogP contribution in [-0.2, 0) is 9.59 Å². The summed E-state index contributed by atoms with van der Waals surface area (Å²) >= 11 is 0. The van der Waals surface area contributed by atoms with Gasteiger partial charge in [0.15, 0.2) is 0 Å². The van der Waals surface area contributed by atoms with Crippen LogP contribution in [-0.4, -0.2) is 42.4 Å². The molecule has 0 radical (unpaired) electrons. The van der Waals surface area contributed by atoms with E-state index in [0.717, 1.165) is 19.4 Å². The lowest BCUT2D eigenvalue weighted by molar-refractivity contribution is -0.132. The second kappa shape index (κ2) is 7.36. The molecule has 104 valence electrons. The van der Waals surface area contributed by atoms with Crippen molar-refractivity contribution in [2.24, 2.45) is 11.7 Å². The van der Waals surface area contributed by atoms with Crippen molar-refractivity contribution in [2.45, 2.75) is 45.6 Å². The molecule has 1 unspecified atom stereocenters. The smallest absolute Gasteiger partial charge is 0.224 e. The van der Waals surface area contributed by atoms with Gasteiger partial charge in [0.1, 0.15) is 0 Å². The Morgan fingerprint density at radius 1 is 1.44 bits per heavy atom. The number of nitrogens with two attached hydrogens (primary N) is 1. The van der Waals surface area contributed by atoms with Crippen molar-refractivity contribution < 1.29 is 9.59 Å². The summed E-state index contributed by atoms with van der Waals surface area (Å²) in [5, 5.41) is 2.78. The van der Waals surface area contributed by atoms with E-state index in [4.69, 9.17) is 5.73 Å². The lowest BCUT2D eigenvalue weighted by Gasteiger charge is -2.30. The SMILES string of the molecule is CC(C)CC(=O)NCCC(=O)N1CCCC(N)C1. The van der Waals surface area contributed by atoms with E-state index in [1.807, 2.05) is 18.7 Å². The molecule has 5 nitrogen and oxygen atoms in total. The van der Waals surface area contributed by atoms with Gasteiger partial charge in [0.05, 0.1) is 0 Å². The van der Waals surface area contributed by atoms with Crippen molar-refractivity contribution in [3.8, 4) is 0 Å². The standard InChI is InChI=1S/C13H25N3O2/c1-10(2)8-12(17)15-6-5-13(18)16-7-3-4-11(14)9-16/h10-11H,3-9,14H2,1-2H3,(H,15,17). The first-order valence-corrected chi connectivity index (χ1v) is 6.79. The molecule has 0 saturated carbocycles. The van der Waals surface area contributed by atoms with Crippen LogP contribution in [0.2, 0.25) is 0 Å². The zero-order valence-corrected chi connectivity index (χ0v) is 11.4. The summed E-state index contributed by atoms with van der Waals surface area (Å²) in [7, 11) is 0. The number of carbonyl (C=O) groups is 2. The Morgan fingerprint density at radius 2 is 2.17 bits per heavy atom. The summed E-state index contributed by atoms with van der Waals surface area (Å²) in [5.74, 6) is 0.462. The zero-order valence-electron chi connectivity index (χ0n) is 11.4. The maximum atomic E-state index is 11.9. The van der Waals surface area contributed by atoms with E-state index in [1.54, 1.807) is 0 Å². The fourth-order valence-corrected chi connectivity index (χ4v) is 2.15. The number of rotatable bonds is 5. The molecule has 1 aliphatic rings. The summed E-state index contributed by atoms with van der Waals surface area (Å²) in [6, 6.07) is 0.109. The molecule has 3 N–H and O–H groups in total. The van der Waals surface area contributed by atoms with E-state index in [-0.39, 0.29) is 17.9 Å². The van der Waals surface area contributed by atoms with Crippen molar-refractivity contribution in [1.29, 1.82) is 0 Å². The molecule has 0 aromatic heterocycles. The average molecular weight is 255 g/mol. The van der Waals surface area contributed by atoms with E-state index in [2.05, 4.69) is 5.32 Å². The number of hydrogen-bond acceptors (Lipinski definition) is 3. The maximum Gasteiger partial charge on any atom is 0.224 e. The molecule has 1 saturated heterocycles. The largest absolute Gasteiger partial charge is 0.356 e. The quantitative estimate of drug-likeness (QED) is 0.750. The van der Waals surface area contributed by atoms with Crippen LogP contribution in [0.1, 0.15) is 39.5 Å². The van der Waals surface area contributed by atoms with Gasteiger partial charge in [-0.1, -0.05) is 13.8 Å². The summed E-state index contributed by atoms with van der Waals surface area (Å²) < 4.78 is 0. The molecule has 1 aliphatic heterocycles. The lowest BCUT2D eigenvalue weighted by Crippen LogP contribution is -2.46. The molecule has 5 heteroatoms. The second-order valence-electron chi connectivity index (χ2n) is 5.44. The topological polar surface area (TPSA) is 75.4 Å². The van der Waals surface area contributed by atoms with Gasteiger partial charge in [0, 0.05) is 38.5 Å². The minimum Gasteiger partial charge on any atom is -0.356 e. The average Bonchev–Trinajstić information content (AvgIpc) is 2.27. The summed E-state index contributed by atoms with van der Waals surface area (Å²) in [6.07, 6.45) is 2.86. The number of nitrogens with one attached hydrogen (secondary N) is 1. The van der Waals surface area contributed by atoms with Gasteiger partial charge in [-0.2, -0.15) is 0 Å². The Morgan fingerprint density at radius 3 is 2.78 bits per heavy atom. The Kier molecular flexibility index (Phi) is 6.12.